The number of Topliss-reactive ketones (excluding diaryl/α,β-unsaturated/α-hetero) is 1. The number of esters is 1. The van der Waals surface area contributed by atoms with Gasteiger partial charge in [0.05, 0.1) is 13.0 Å². The number of nitrogens with one attached hydrogen (secondary N) is 1. The molecule has 2 N–H and O–H groups in total. The molecule has 0 amide bonds. The fourth-order valence-corrected chi connectivity index (χ4v) is 1.53. The van der Waals surface area contributed by atoms with E-state index in [1.54, 1.807) is 0 Å². The van der Waals surface area contributed by atoms with Gasteiger partial charge in [-0.15, -0.1) is 0 Å². The molecule has 5 nitrogen and oxygen atoms in total. The predicted molar refractivity (Wildman–Crippen MR) is 53.3 cm³/mol. The number of hydrogen-bond acceptors (Lipinski definition) is 5. The third-order valence-corrected chi connectivity index (χ3v) is 2.38. The monoisotopic (exact) mass is 215 g/mol. The van der Waals surface area contributed by atoms with Crippen LogP contribution in [-0.4, -0.2) is 42.2 Å². The lowest BCUT2D eigenvalue weighted by Crippen LogP contribution is -2.25. The summed E-state index contributed by atoms with van der Waals surface area (Å²) in [5.41, 5.74) is 0. The molecular formula is C10H17NO4. The Morgan fingerprint density at radius 3 is 2.73 bits per heavy atom. The highest BCUT2D eigenvalue weighted by Gasteiger charge is 2.26. The van der Waals surface area contributed by atoms with Crippen LogP contribution in [0.15, 0.2) is 0 Å². The third kappa shape index (κ3) is 4.40. The van der Waals surface area contributed by atoms with Gasteiger partial charge in [-0.3, -0.25) is 4.79 Å². The topological polar surface area (TPSA) is 75.6 Å². The second-order valence-corrected chi connectivity index (χ2v) is 3.84. The molecule has 0 aromatic heterocycles. The fraction of sp³-hybridized carbons (Fsp3) is 0.800. The number of hydrogen-bond donors (Lipinski definition) is 2. The smallest absolute Gasteiger partial charge is 0.306 e. The summed E-state index contributed by atoms with van der Waals surface area (Å²) in [6.45, 7) is 2.09. The summed E-state index contributed by atoms with van der Waals surface area (Å²) < 4.78 is 5.13. The molecule has 0 bridgehead atoms. The van der Waals surface area contributed by atoms with Gasteiger partial charge in [-0.1, -0.05) is 0 Å². The molecule has 0 aliphatic carbocycles. The molecule has 1 aliphatic rings. The Hall–Kier alpha value is -0.940. The molecule has 1 heterocycles. The molecule has 1 fully saturated rings. The van der Waals surface area contributed by atoms with Crippen molar-refractivity contribution in [1.29, 1.82) is 0 Å². The molecule has 0 aromatic rings. The molecule has 1 rings (SSSR count). The summed E-state index contributed by atoms with van der Waals surface area (Å²) in [4.78, 5) is 21.9. The molecule has 5 heteroatoms. The highest BCUT2D eigenvalue weighted by Crippen LogP contribution is 2.11. The van der Waals surface area contributed by atoms with Gasteiger partial charge in [0.1, 0.15) is 11.9 Å². The number of carbonyl (C=O) groups excluding carboxylic acids is 2. The van der Waals surface area contributed by atoms with E-state index in [0.717, 1.165) is 0 Å². The van der Waals surface area contributed by atoms with Gasteiger partial charge in [0, 0.05) is 25.4 Å². The van der Waals surface area contributed by atoms with E-state index in [9.17, 15) is 9.59 Å². The van der Waals surface area contributed by atoms with Crippen molar-refractivity contribution in [2.24, 2.45) is 0 Å². The van der Waals surface area contributed by atoms with Crippen LogP contribution in [0.2, 0.25) is 0 Å². The maximum absolute atomic E-state index is 11.2. The Balaban J connectivity index is 2.18. The van der Waals surface area contributed by atoms with Gasteiger partial charge in [0.25, 0.3) is 0 Å². The summed E-state index contributed by atoms with van der Waals surface area (Å²) in [5, 5.41) is 11.9. The molecule has 1 saturated heterocycles. The zero-order valence-electron chi connectivity index (χ0n) is 8.86. The minimum absolute atomic E-state index is 0.00951. The van der Waals surface area contributed by atoms with Gasteiger partial charge < -0.3 is 20.0 Å². The Morgan fingerprint density at radius 1 is 1.47 bits per heavy atom. The van der Waals surface area contributed by atoms with Crippen LogP contribution < -0.4 is 5.32 Å². The van der Waals surface area contributed by atoms with Gasteiger partial charge in [-0.2, -0.15) is 0 Å². The van der Waals surface area contributed by atoms with Crippen molar-refractivity contribution in [3.8, 4) is 0 Å². The number of ketones is 1. The van der Waals surface area contributed by atoms with E-state index in [-0.39, 0.29) is 43.3 Å². The quantitative estimate of drug-likeness (QED) is 0.611. The first-order valence-electron chi connectivity index (χ1n) is 5.15. The highest BCUT2D eigenvalue weighted by atomic mass is 16.5. The molecular weight excluding hydrogens is 198 g/mol. The minimum atomic E-state index is -0.337. The molecule has 0 spiro atoms. The molecule has 86 valence electrons. The molecule has 0 saturated carbocycles. The van der Waals surface area contributed by atoms with E-state index in [4.69, 9.17) is 9.84 Å². The van der Waals surface area contributed by atoms with Crippen molar-refractivity contribution < 1.29 is 19.4 Å². The Morgan fingerprint density at radius 2 is 2.20 bits per heavy atom. The predicted octanol–water partition coefficient (Wildman–Crippen LogP) is -0.378. The summed E-state index contributed by atoms with van der Waals surface area (Å²) >= 11 is 0. The SMILES string of the molecule is CC(=O)CCC(=O)O[C@H]1CN[C@H](CO)C1. The van der Waals surface area contributed by atoms with Crippen molar-refractivity contribution in [3.05, 3.63) is 0 Å². The molecule has 2 atom stereocenters. The first-order valence-corrected chi connectivity index (χ1v) is 5.15. The van der Waals surface area contributed by atoms with Crippen LogP contribution in [-0.2, 0) is 14.3 Å². The summed E-state index contributed by atoms with van der Waals surface area (Å²) in [6, 6.07) is 0.0237. The van der Waals surface area contributed by atoms with Crippen molar-refractivity contribution in [1.82, 2.24) is 5.32 Å². The third-order valence-electron chi connectivity index (χ3n) is 2.38. The van der Waals surface area contributed by atoms with Gasteiger partial charge in [0.2, 0.25) is 0 Å². The van der Waals surface area contributed by atoms with Crippen LogP contribution in [0.25, 0.3) is 0 Å². The number of carbonyl (C=O) groups is 2. The standard InChI is InChI=1S/C10H17NO4/c1-7(13)2-3-10(14)15-9-4-8(6-12)11-5-9/h8-9,11-12H,2-6H2,1H3/t8-,9+/m0/s1. The average Bonchev–Trinajstić information content (AvgIpc) is 2.62. The fourth-order valence-electron chi connectivity index (χ4n) is 1.53. The van der Waals surface area contributed by atoms with E-state index in [2.05, 4.69) is 5.32 Å². The number of aliphatic hydroxyl groups excluding tert-OH is 1. The number of ether oxygens (including phenoxy) is 1. The molecule has 0 radical (unpaired) electrons. The van der Waals surface area contributed by atoms with Crippen LogP contribution >= 0.6 is 0 Å². The van der Waals surface area contributed by atoms with Gasteiger partial charge in [0.15, 0.2) is 0 Å². The Kier molecular flexibility index (Phi) is 4.71. The van der Waals surface area contributed by atoms with Gasteiger partial charge in [-0.25, -0.2) is 0 Å². The summed E-state index contributed by atoms with van der Waals surface area (Å²) in [7, 11) is 0. The minimum Gasteiger partial charge on any atom is -0.461 e. The van der Waals surface area contributed by atoms with E-state index in [1.807, 2.05) is 0 Å². The van der Waals surface area contributed by atoms with E-state index in [0.29, 0.717) is 13.0 Å². The first-order chi connectivity index (χ1) is 7.11. The summed E-state index contributed by atoms with van der Waals surface area (Å²) in [5.74, 6) is -0.347. The molecule has 15 heavy (non-hydrogen) atoms. The highest BCUT2D eigenvalue weighted by molar-refractivity contribution is 5.81. The van der Waals surface area contributed by atoms with Crippen molar-refractivity contribution in [3.63, 3.8) is 0 Å². The maximum atomic E-state index is 11.2. The van der Waals surface area contributed by atoms with Crippen LogP contribution in [0.4, 0.5) is 0 Å². The Labute approximate surface area is 88.8 Å². The van der Waals surface area contributed by atoms with Crippen molar-refractivity contribution in [2.45, 2.75) is 38.3 Å². The number of aliphatic hydroxyl groups is 1. The van der Waals surface area contributed by atoms with Crippen LogP contribution in [0.5, 0.6) is 0 Å². The zero-order chi connectivity index (χ0) is 11.3. The maximum Gasteiger partial charge on any atom is 0.306 e. The first kappa shape index (κ1) is 12.1. The van der Waals surface area contributed by atoms with Gasteiger partial charge >= 0.3 is 5.97 Å². The Bertz CT molecular complexity index is 242. The largest absolute Gasteiger partial charge is 0.461 e. The van der Waals surface area contributed by atoms with Crippen LogP contribution in [0.3, 0.4) is 0 Å². The van der Waals surface area contributed by atoms with E-state index < -0.39 is 0 Å². The normalized spacial score (nSPS) is 25.2. The van der Waals surface area contributed by atoms with Crippen molar-refractivity contribution >= 4 is 11.8 Å². The van der Waals surface area contributed by atoms with Gasteiger partial charge in [-0.05, 0) is 6.92 Å². The summed E-state index contributed by atoms with van der Waals surface area (Å²) in [6.07, 6.45) is 0.863. The molecule has 0 aromatic carbocycles. The molecule has 1 aliphatic heterocycles. The lowest BCUT2D eigenvalue weighted by atomic mass is 10.2. The zero-order valence-corrected chi connectivity index (χ0v) is 8.86. The average molecular weight is 215 g/mol. The van der Waals surface area contributed by atoms with E-state index >= 15 is 0 Å². The van der Waals surface area contributed by atoms with Crippen LogP contribution in [0, 0.1) is 0 Å². The number of rotatable bonds is 5. The lowest BCUT2D eigenvalue weighted by molar-refractivity contribution is -0.149. The second-order valence-electron chi connectivity index (χ2n) is 3.84. The van der Waals surface area contributed by atoms with E-state index in [1.165, 1.54) is 6.92 Å². The second kappa shape index (κ2) is 5.82. The van der Waals surface area contributed by atoms with Crippen molar-refractivity contribution in [2.75, 3.05) is 13.2 Å². The lowest BCUT2D eigenvalue weighted by Gasteiger charge is -2.10. The molecule has 0 unspecified atom stereocenters. The van der Waals surface area contributed by atoms with Crippen LogP contribution in [0.1, 0.15) is 26.2 Å².